The Morgan fingerprint density at radius 1 is 1.14 bits per heavy atom. The van der Waals surface area contributed by atoms with Crippen LogP contribution in [0.3, 0.4) is 0 Å². The predicted molar refractivity (Wildman–Crippen MR) is 100 cm³/mol. The first-order valence-corrected chi connectivity index (χ1v) is 11.4. The molecule has 0 saturated carbocycles. The third-order valence-corrected chi connectivity index (χ3v) is 4.57. The largest absolute Gasteiger partial charge is 0.414 e. The van der Waals surface area contributed by atoms with Crippen LogP contribution in [-0.4, -0.2) is 13.2 Å². The number of rotatable bonds is 3. The van der Waals surface area contributed by atoms with Gasteiger partial charge in [0.1, 0.15) is 8.24 Å². The topological polar surface area (TPSA) is 24.9 Å². The molecule has 0 radical (unpaired) electrons. The molecule has 0 bridgehead atoms. The van der Waals surface area contributed by atoms with Gasteiger partial charge in [-0.2, -0.15) is 0 Å². The van der Waals surface area contributed by atoms with Crippen molar-refractivity contribution in [2.24, 2.45) is 5.41 Å². The average molecular weight is 313 g/mol. The highest BCUT2D eigenvalue weighted by atomic mass is 28.3. The van der Waals surface area contributed by atoms with Crippen LogP contribution in [0.15, 0.2) is 36.0 Å². The van der Waals surface area contributed by atoms with Crippen molar-refractivity contribution in [3.05, 3.63) is 47.3 Å². The van der Waals surface area contributed by atoms with Crippen molar-refractivity contribution in [3.63, 3.8) is 0 Å². The van der Waals surface area contributed by atoms with Crippen LogP contribution < -0.4 is 4.98 Å². The normalized spacial score (nSPS) is 13.5. The highest BCUT2D eigenvalue weighted by molar-refractivity contribution is 6.74. The first-order valence-electron chi connectivity index (χ1n) is 7.93. The van der Waals surface area contributed by atoms with Crippen LogP contribution >= 0.6 is 0 Å². The van der Waals surface area contributed by atoms with Gasteiger partial charge in [-0.1, -0.05) is 58.6 Å². The number of para-hydroxylation sites is 1. The van der Waals surface area contributed by atoms with Crippen molar-refractivity contribution in [2.45, 2.75) is 47.3 Å². The van der Waals surface area contributed by atoms with Crippen molar-refractivity contribution in [3.8, 4) is 0 Å². The monoisotopic (exact) mass is 312 g/mol. The Morgan fingerprint density at radius 3 is 2.36 bits per heavy atom. The Morgan fingerprint density at radius 2 is 1.77 bits per heavy atom. The molecule has 0 spiro atoms. The fourth-order valence-electron chi connectivity index (χ4n) is 2.44. The molecule has 2 rings (SSSR count). The second kappa shape index (κ2) is 5.88. The van der Waals surface area contributed by atoms with E-state index < -0.39 is 8.24 Å². The quantitative estimate of drug-likeness (QED) is 0.772. The molecule has 1 aromatic heterocycles. The minimum absolute atomic E-state index is 0.0848. The van der Waals surface area contributed by atoms with Gasteiger partial charge in [0.15, 0.2) is 0 Å². The molecule has 1 aromatic carbocycles. The lowest BCUT2D eigenvalue weighted by atomic mass is 9.91. The van der Waals surface area contributed by atoms with Crippen LogP contribution in [-0.2, 0) is 0 Å². The second-order valence-corrected chi connectivity index (χ2v) is 12.8. The van der Waals surface area contributed by atoms with Crippen molar-refractivity contribution >= 4 is 25.2 Å². The maximum Gasteiger partial charge on any atom is 0.144 e. The number of hydrogen-bond donors (Lipinski definition) is 1. The Hall–Kier alpha value is -1.61. The fraction of sp³-hybridized carbons (Fsp3) is 0.421. The molecule has 118 valence electrons. The summed E-state index contributed by atoms with van der Waals surface area (Å²) in [5, 5.41) is 1.23. The van der Waals surface area contributed by atoms with E-state index in [0.29, 0.717) is 0 Å². The summed E-state index contributed by atoms with van der Waals surface area (Å²) in [5.74, 6) is 0. The van der Waals surface area contributed by atoms with Crippen molar-refractivity contribution in [2.75, 3.05) is 0 Å². The highest BCUT2D eigenvalue weighted by Crippen LogP contribution is 2.27. The standard InChI is InChI=1S/C19H28N2Si/c1-14-12-15(20-17-11-9-8-10-16(14)17)13-18(19(2,3)4)21-22(5,6)7/h8-13,21H,1-7H3/b18-13-. The lowest BCUT2D eigenvalue weighted by Crippen LogP contribution is -2.43. The second-order valence-electron chi connectivity index (χ2n) is 8.06. The molecule has 0 atom stereocenters. The zero-order chi connectivity index (χ0) is 16.5. The van der Waals surface area contributed by atoms with Crippen LogP contribution in [0.1, 0.15) is 32.0 Å². The van der Waals surface area contributed by atoms with E-state index in [-0.39, 0.29) is 5.41 Å². The summed E-state index contributed by atoms with van der Waals surface area (Å²) in [4.78, 5) is 8.59. The molecule has 0 unspecified atom stereocenters. The number of pyridine rings is 1. The van der Waals surface area contributed by atoms with Gasteiger partial charge in [0, 0.05) is 16.5 Å². The van der Waals surface area contributed by atoms with Gasteiger partial charge in [-0.15, -0.1) is 0 Å². The van der Waals surface area contributed by atoms with Gasteiger partial charge < -0.3 is 4.98 Å². The minimum Gasteiger partial charge on any atom is -0.414 e. The van der Waals surface area contributed by atoms with Gasteiger partial charge in [0.05, 0.1) is 11.2 Å². The molecule has 2 nitrogen and oxygen atoms in total. The van der Waals surface area contributed by atoms with Crippen molar-refractivity contribution in [1.29, 1.82) is 0 Å². The molecule has 0 aliphatic heterocycles. The molecule has 0 aliphatic rings. The predicted octanol–water partition coefficient (Wildman–Crippen LogP) is 5.35. The smallest absolute Gasteiger partial charge is 0.144 e. The molecule has 0 fully saturated rings. The Labute approximate surface area is 135 Å². The van der Waals surface area contributed by atoms with Crippen LogP contribution in [0.2, 0.25) is 19.6 Å². The zero-order valence-electron chi connectivity index (χ0n) is 14.9. The number of fused-ring (bicyclic) bond motifs is 1. The van der Waals surface area contributed by atoms with E-state index in [4.69, 9.17) is 4.98 Å². The van der Waals surface area contributed by atoms with E-state index in [2.05, 4.69) is 82.7 Å². The maximum atomic E-state index is 4.82. The first-order chi connectivity index (χ1) is 10.1. The van der Waals surface area contributed by atoms with E-state index in [1.54, 1.807) is 0 Å². The third kappa shape index (κ3) is 4.20. The molecular weight excluding hydrogens is 284 g/mol. The Balaban J connectivity index is 2.52. The minimum atomic E-state index is -1.40. The van der Waals surface area contributed by atoms with E-state index >= 15 is 0 Å². The number of hydrogen-bond acceptors (Lipinski definition) is 2. The number of allylic oxidation sites excluding steroid dienone is 1. The van der Waals surface area contributed by atoms with Gasteiger partial charge >= 0.3 is 0 Å². The summed E-state index contributed by atoms with van der Waals surface area (Å²) in [7, 11) is -1.40. The van der Waals surface area contributed by atoms with Gasteiger partial charge in [-0.25, -0.2) is 4.98 Å². The van der Waals surface area contributed by atoms with E-state index in [9.17, 15) is 0 Å². The summed E-state index contributed by atoms with van der Waals surface area (Å²) in [6, 6.07) is 10.5. The summed E-state index contributed by atoms with van der Waals surface area (Å²) in [6.45, 7) is 15.9. The maximum absolute atomic E-state index is 4.82. The molecule has 0 amide bonds. The Kier molecular flexibility index (Phi) is 4.48. The van der Waals surface area contributed by atoms with Gasteiger partial charge in [0.2, 0.25) is 0 Å². The molecule has 2 aromatic rings. The van der Waals surface area contributed by atoms with Crippen LogP contribution in [0, 0.1) is 12.3 Å². The molecular formula is C19H28N2Si. The van der Waals surface area contributed by atoms with E-state index in [1.165, 1.54) is 16.6 Å². The van der Waals surface area contributed by atoms with Crippen LogP contribution in [0.5, 0.6) is 0 Å². The number of nitrogens with zero attached hydrogens (tertiary/aromatic N) is 1. The van der Waals surface area contributed by atoms with Crippen molar-refractivity contribution < 1.29 is 0 Å². The van der Waals surface area contributed by atoms with Gasteiger partial charge in [-0.05, 0) is 30.7 Å². The summed E-state index contributed by atoms with van der Waals surface area (Å²) < 4.78 is 0. The van der Waals surface area contributed by atoms with E-state index in [1.807, 2.05) is 6.07 Å². The summed E-state index contributed by atoms with van der Waals surface area (Å²) >= 11 is 0. The number of nitrogens with one attached hydrogen (secondary N) is 1. The van der Waals surface area contributed by atoms with Crippen molar-refractivity contribution in [1.82, 2.24) is 9.97 Å². The number of aromatic nitrogens is 1. The summed E-state index contributed by atoms with van der Waals surface area (Å²) in [6.07, 6.45) is 2.22. The van der Waals surface area contributed by atoms with E-state index in [0.717, 1.165) is 11.2 Å². The van der Waals surface area contributed by atoms with Crippen LogP contribution in [0.4, 0.5) is 0 Å². The molecule has 0 saturated heterocycles. The fourth-order valence-corrected chi connectivity index (χ4v) is 3.70. The SMILES string of the molecule is Cc1cc(/C=C(\N[Si](C)(C)C)C(C)(C)C)nc2ccccc12. The van der Waals surface area contributed by atoms with Crippen LogP contribution in [0.25, 0.3) is 17.0 Å². The number of aryl methyl sites for hydroxylation is 1. The molecule has 3 heteroatoms. The summed E-state index contributed by atoms with van der Waals surface area (Å²) in [5.41, 5.74) is 4.73. The lowest BCUT2D eigenvalue weighted by molar-refractivity contribution is 0.488. The highest BCUT2D eigenvalue weighted by Gasteiger charge is 2.23. The molecule has 1 heterocycles. The molecule has 0 aliphatic carbocycles. The zero-order valence-corrected chi connectivity index (χ0v) is 15.9. The third-order valence-electron chi connectivity index (χ3n) is 3.55. The first kappa shape index (κ1) is 16.8. The molecule has 22 heavy (non-hydrogen) atoms. The number of benzene rings is 1. The lowest BCUT2D eigenvalue weighted by Gasteiger charge is -2.31. The van der Waals surface area contributed by atoms with Gasteiger partial charge in [-0.3, -0.25) is 0 Å². The van der Waals surface area contributed by atoms with Gasteiger partial charge in [0.25, 0.3) is 0 Å². The average Bonchev–Trinajstić information content (AvgIpc) is 2.35. The molecule has 1 N–H and O–H groups in total. The Bertz CT molecular complexity index is 703.